The Balaban J connectivity index is 1.13. The lowest BCUT2D eigenvalue weighted by molar-refractivity contribution is 0.484. The van der Waals surface area contributed by atoms with E-state index in [2.05, 4.69) is 72.8 Å². The molecule has 9 rings (SSSR count). The number of para-hydroxylation sites is 2. The van der Waals surface area contributed by atoms with E-state index in [0.29, 0.717) is 0 Å². The number of furan rings is 2. The van der Waals surface area contributed by atoms with Gasteiger partial charge in [-0.25, -0.2) is 0 Å². The molecular weight excluding hydrogens is 512 g/mol. The Morgan fingerprint density at radius 2 is 0.875 bits per heavy atom. The van der Waals surface area contributed by atoms with E-state index in [1.165, 1.54) is 31.3 Å². The summed E-state index contributed by atoms with van der Waals surface area (Å²) >= 11 is 1.81. The Bertz CT molecular complexity index is 2420. The lowest BCUT2D eigenvalue weighted by Crippen LogP contribution is -1.83. The molecule has 0 bridgehead atoms. The maximum absolute atomic E-state index is 6.38. The van der Waals surface area contributed by atoms with E-state index >= 15 is 0 Å². The highest BCUT2D eigenvalue weighted by Crippen LogP contribution is 2.40. The topological polar surface area (TPSA) is 35.5 Å². The first-order chi connectivity index (χ1) is 19.8. The van der Waals surface area contributed by atoms with Crippen LogP contribution >= 0.6 is 11.3 Å². The third kappa shape index (κ3) is 3.30. The van der Waals surface area contributed by atoms with Gasteiger partial charge in [0.25, 0.3) is 0 Å². The van der Waals surface area contributed by atoms with Crippen LogP contribution in [0.25, 0.3) is 75.2 Å². The van der Waals surface area contributed by atoms with Crippen molar-refractivity contribution in [1.29, 1.82) is 0 Å². The Kier molecular flexibility index (Phi) is 4.48. The standard InChI is InChI=1S/C36H20O3S/c1-3-7-31-25(5-1)27-17-21(9-13-33(27)38-31)22-10-15-35-29(18-22)30-20-24(12-16-36(30)40-35)37-23-11-14-34-28(19-23)26-6-2-4-8-32(26)39-34/h1-20H. The van der Waals surface area contributed by atoms with Crippen LogP contribution < -0.4 is 4.74 Å². The fourth-order valence-electron chi connectivity index (χ4n) is 5.81. The molecule has 4 heteroatoms. The van der Waals surface area contributed by atoms with Crippen LogP contribution in [0.3, 0.4) is 0 Å². The molecule has 188 valence electrons. The molecule has 3 aromatic heterocycles. The molecule has 0 aliphatic rings. The lowest BCUT2D eigenvalue weighted by Gasteiger charge is -2.06. The molecule has 0 unspecified atom stereocenters. The monoisotopic (exact) mass is 532 g/mol. The molecule has 0 aliphatic carbocycles. The number of hydrogen-bond donors (Lipinski definition) is 0. The van der Waals surface area contributed by atoms with Crippen molar-refractivity contribution in [1.82, 2.24) is 0 Å². The molecule has 0 aliphatic heterocycles. The van der Waals surface area contributed by atoms with Crippen LogP contribution in [0.4, 0.5) is 0 Å². The second-order valence-corrected chi connectivity index (χ2v) is 11.2. The van der Waals surface area contributed by atoms with E-state index in [1.54, 1.807) is 0 Å². The summed E-state index contributed by atoms with van der Waals surface area (Å²) < 4.78 is 20.9. The number of thiophene rings is 1. The normalized spacial score (nSPS) is 12.0. The second-order valence-electron chi connectivity index (χ2n) is 10.1. The maximum Gasteiger partial charge on any atom is 0.135 e. The lowest BCUT2D eigenvalue weighted by atomic mass is 10.0. The van der Waals surface area contributed by atoms with E-state index < -0.39 is 0 Å². The Labute approximate surface area is 232 Å². The molecule has 0 fully saturated rings. The van der Waals surface area contributed by atoms with Gasteiger partial charge < -0.3 is 13.6 Å². The smallest absolute Gasteiger partial charge is 0.135 e. The number of fused-ring (bicyclic) bond motifs is 9. The van der Waals surface area contributed by atoms with Gasteiger partial charge in [0.15, 0.2) is 0 Å². The van der Waals surface area contributed by atoms with Gasteiger partial charge in [0, 0.05) is 41.7 Å². The maximum atomic E-state index is 6.38. The first-order valence-corrected chi connectivity index (χ1v) is 14.1. The molecule has 0 amide bonds. The van der Waals surface area contributed by atoms with Crippen molar-refractivity contribution < 1.29 is 13.6 Å². The first kappa shape index (κ1) is 21.8. The fraction of sp³-hybridized carbons (Fsp3) is 0. The number of ether oxygens (including phenoxy) is 1. The molecule has 9 aromatic rings. The molecule has 0 spiro atoms. The van der Waals surface area contributed by atoms with E-state index in [9.17, 15) is 0 Å². The largest absolute Gasteiger partial charge is 0.457 e. The zero-order chi connectivity index (χ0) is 26.2. The van der Waals surface area contributed by atoms with Crippen molar-refractivity contribution in [2.24, 2.45) is 0 Å². The van der Waals surface area contributed by atoms with Crippen molar-refractivity contribution in [3.63, 3.8) is 0 Å². The van der Waals surface area contributed by atoms with Crippen molar-refractivity contribution in [3.8, 4) is 22.6 Å². The van der Waals surface area contributed by atoms with Crippen molar-refractivity contribution in [3.05, 3.63) is 121 Å². The SMILES string of the molecule is c1ccc2c(c1)oc1ccc(Oc3ccc4sc5ccc(-c6ccc7oc8ccccc8c7c6)cc5c4c3)cc12. The Morgan fingerprint density at radius 1 is 0.400 bits per heavy atom. The van der Waals surface area contributed by atoms with Gasteiger partial charge in [-0.15, -0.1) is 11.3 Å². The number of hydrogen-bond acceptors (Lipinski definition) is 4. The minimum Gasteiger partial charge on any atom is -0.457 e. The van der Waals surface area contributed by atoms with Crippen molar-refractivity contribution >= 4 is 75.4 Å². The molecular formula is C36H20O3S. The van der Waals surface area contributed by atoms with Crippen LogP contribution in [-0.2, 0) is 0 Å². The molecule has 3 heterocycles. The summed E-state index contributed by atoms with van der Waals surface area (Å²) in [7, 11) is 0. The predicted octanol–water partition coefficient (Wildman–Crippen LogP) is 11.3. The third-order valence-electron chi connectivity index (χ3n) is 7.73. The Morgan fingerprint density at radius 3 is 1.60 bits per heavy atom. The number of rotatable bonds is 3. The average Bonchev–Trinajstić information content (AvgIpc) is 3.67. The minimum atomic E-state index is 0.791. The van der Waals surface area contributed by atoms with E-state index in [1.807, 2.05) is 59.9 Å². The van der Waals surface area contributed by atoms with Crippen LogP contribution in [0, 0.1) is 0 Å². The molecule has 0 saturated carbocycles. The summed E-state index contributed by atoms with van der Waals surface area (Å²) in [5.41, 5.74) is 5.94. The zero-order valence-electron chi connectivity index (χ0n) is 21.2. The van der Waals surface area contributed by atoms with E-state index in [4.69, 9.17) is 13.6 Å². The van der Waals surface area contributed by atoms with Crippen LogP contribution in [-0.4, -0.2) is 0 Å². The molecule has 0 N–H and O–H groups in total. The summed E-state index contributed by atoms with van der Waals surface area (Å²) in [5.74, 6) is 1.61. The van der Waals surface area contributed by atoms with Gasteiger partial charge in [-0.3, -0.25) is 0 Å². The van der Waals surface area contributed by atoms with Gasteiger partial charge in [-0.1, -0.05) is 48.5 Å². The van der Waals surface area contributed by atoms with Gasteiger partial charge in [0.1, 0.15) is 33.8 Å². The van der Waals surface area contributed by atoms with Gasteiger partial charge in [-0.05, 0) is 83.9 Å². The fourth-order valence-corrected chi connectivity index (χ4v) is 6.88. The van der Waals surface area contributed by atoms with Crippen LogP contribution in [0.1, 0.15) is 0 Å². The highest BCUT2D eigenvalue weighted by molar-refractivity contribution is 7.25. The summed E-state index contributed by atoms with van der Waals surface area (Å²) in [4.78, 5) is 0. The quantitative estimate of drug-likeness (QED) is 0.227. The molecule has 3 nitrogen and oxygen atoms in total. The van der Waals surface area contributed by atoms with Gasteiger partial charge >= 0.3 is 0 Å². The van der Waals surface area contributed by atoms with E-state index in [-0.39, 0.29) is 0 Å². The van der Waals surface area contributed by atoms with Crippen LogP contribution in [0.5, 0.6) is 11.5 Å². The van der Waals surface area contributed by atoms with Gasteiger partial charge in [0.2, 0.25) is 0 Å². The molecule has 6 aromatic carbocycles. The first-order valence-electron chi connectivity index (χ1n) is 13.2. The summed E-state index contributed by atoms with van der Waals surface area (Å²) in [6, 6.07) is 41.9. The summed E-state index contributed by atoms with van der Waals surface area (Å²) in [6.07, 6.45) is 0. The summed E-state index contributed by atoms with van der Waals surface area (Å²) in [5, 5.41) is 6.87. The van der Waals surface area contributed by atoms with Crippen LogP contribution in [0.15, 0.2) is 130 Å². The predicted molar refractivity (Wildman–Crippen MR) is 166 cm³/mol. The van der Waals surface area contributed by atoms with Crippen molar-refractivity contribution in [2.75, 3.05) is 0 Å². The molecule has 0 radical (unpaired) electrons. The third-order valence-corrected chi connectivity index (χ3v) is 8.89. The van der Waals surface area contributed by atoms with Gasteiger partial charge in [-0.2, -0.15) is 0 Å². The molecule has 0 saturated heterocycles. The van der Waals surface area contributed by atoms with E-state index in [0.717, 1.165) is 55.4 Å². The van der Waals surface area contributed by atoms with Crippen LogP contribution in [0.2, 0.25) is 0 Å². The zero-order valence-corrected chi connectivity index (χ0v) is 22.0. The number of benzene rings is 6. The van der Waals surface area contributed by atoms with Gasteiger partial charge in [0.05, 0.1) is 0 Å². The second kappa shape index (κ2) is 8.22. The average molecular weight is 533 g/mol. The van der Waals surface area contributed by atoms with Crippen molar-refractivity contribution in [2.45, 2.75) is 0 Å². The molecule has 0 atom stereocenters. The minimum absolute atomic E-state index is 0.791. The highest BCUT2D eigenvalue weighted by Gasteiger charge is 2.12. The summed E-state index contributed by atoms with van der Waals surface area (Å²) in [6.45, 7) is 0. The Hall–Kier alpha value is -5.06. The molecule has 40 heavy (non-hydrogen) atoms. The highest BCUT2D eigenvalue weighted by atomic mass is 32.1.